The van der Waals surface area contributed by atoms with Gasteiger partial charge in [0.2, 0.25) is 0 Å². The molecule has 0 radical (unpaired) electrons. The Morgan fingerprint density at radius 3 is 1.97 bits per heavy atom. The summed E-state index contributed by atoms with van der Waals surface area (Å²) in [5.41, 5.74) is 11.4. The molecule has 3 aromatic rings. The molecule has 0 aromatic heterocycles. The second kappa shape index (κ2) is 11.6. The third-order valence-electron chi connectivity index (χ3n) is 7.13. The summed E-state index contributed by atoms with van der Waals surface area (Å²) < 4.78 is 6.99. The Bertz CT molecular complexity index is 1080. The van der Waals surface area contributed by atoms with Gasteiger partial charge >= 0.3 is 0 Å². The van der Waals surface area contributed by atoms with Crippen LogP contribution in [0.15, 0.2) is 48.5 Å². The lowest BCUT2D eigenvalue weighted by molar-refractivity contribution is 0.412. The molecule has 0 amide bonds. The minimum absolute atomic E-state index is 0.490. The molecule has 2 unspecified atom stereocenters. The fourth-order valence-corrected chi connectivity index (χ4v) is 5.96. The molecule has 1 nitrogen and oxygen atoms in total. The summed E-state index contributed by atoms with van der Waals surface area (Å²) in [6.07, 6.45) is 4.46. The number of aryl methyl sites for hydroxylation is 1. The highest BCUT2D eigenvalue weighted by Gasteiger charge is 2.26. The van der Waals surface area contributed by atoms with E-state index in [2.05, 4.69) is 113 Å². The van der Waals surface area contributed by atoms with Crippen molar-refractivity contribution in [3.8, 4) is 28.0 Å². The first kappa shape index (κ1) is 25.8. The number of methoxy groups -OCH3 is 1. The molecule has 0 aliphatic carbocycles. The molecule has 176 valence electrons. The second-order valence-corrected chi connectivity index (χ2v) is 10.4. The number of rotatable bonds is 9. The Balaban J connectivity index is 2.56. The Labute approximate surface area is 215 Å². The molecule has 0 saturated heterocycles. The van der Waals surface area contributed by atoms with Crippen molar-refractivity contribution in [2.75, 3.05) is 7.11 Å². The summed E-state index contributed by atoms with van der Waals surface area (Å²) in [6.45, 7) is 14.0. The van der Waals surface area contributed by atoms with Gasteiger partial charge < -0.3 is 4.74 Å². The van der Waals surface area contributed by atoms with Crippen LogP contribution in [0.4, 0.5) is 0 Å². The quantitative estimate of drug-likeness (QED) is 0.239. The number of hydrogen-bond acceptors (Lipinski definition) is 1. The molecular weight excluding hydrogens is 515 g/mol. The number of ether oxygens (including phenoxy) is 1. The van der Waals surface area contributed by atoms with E-state index in [0.717, 1.165) is 31.4 Å². The van der Waals surface area contributed by atoms with Gasteiger partial charge in [-0.05, 0) is 106 Å². The van der Waals surface area contributed by atoms with Crippen molar-refractivity contribution in [2.24, 2.45) is 0 Å². The maximum atomic E-state index is 5.78. The molecule has 33 heavy (non-hydrogen) atoms. The van der Waals surface area contributed by atoms with Crippen molar-refractivity contribution < 1.29 is 4.74 Å². The first-order chi connectivity index (χ1) is 15.9. The third kappa shape index (κ3) is 5.16. The van der Waals surface area contributed by atoms with Gasteiger partial charge in [-0.2, -0.15) is 0 Å². The molecule has 2 heteroatoms. The average molecular weight is 555 g/mol. The van der Waals surface area contributed by atoms with Crippen LogP contribution in [0.1, 0.15) is 88.0 Å². The van der Waals surface area contributed by atoms with Crippen molar-refractivity contribution >= 4 is 22.6 Å². The topological polar surface area (TPSA) is 9.23 Å². The zero-order valence-electron chi connectivity index (χ0n) is 21.4. The molecule has 3 rings (SSSR count). The minimum Gasteiger partial charge on any atom is -0.496 e. The predicted octanol–water partition coefficient (Wildman–Crippen LogP) is 9.92. The molecule has 0 saturated carbocycles. The molecule has 0 bridgehead atoms. The third-order valence-corrected chi connectivity index (χ3v) is 8.20. The molecule has 0 heterocycles. The van der Waals surface area contributed by atoms with E-state index >= 15 is 0 Å². The van der Waals surface area contributed by atoms with Gasteiger partial charge in [0.15, 0.2) is 0 Å². The van der Waals surface area contributed by atoms with Crippen molar-refractivity contribution in [2.45, 2.75) is 79.1 Å². The van der Waals surface area contributed by atoms with Crippen LogP contribution in [-0.4, -0.2) is 7.11 Å². The summed E-state index contributed by atoms with van der Waals surface area (Å²) in [6, 6.07) is 17.9. The smallest absolute Gasteiger partial charge is 0.132 e. The Morgan fingerprint density at radius 1 is 0.818 bits per heavy atom. The van der Waals surface area contributed by atoms with E-state index in [9.17, 15) is 0 Å². The van der Waals surface area contributed by atoms with Crippen LogP contribution >= 0.6 is 22.6 Å². The van der Waals surface area contributed by atoms with Crippen LogP contribution in [0.5, 0.6) is 5.75 Å². The van der Waals surface area contributed by atoms with Crippen LogP contribution in [0.2, 0.25) is 0 Å². The molecule has 0 N–H and O–H groups in total. The normalized spacial score (nSPS) is 13.1. The van der Waals surface area contributed by atoms with Crippen molar-refractivity contribution in [1.29, 1.82) is 0 Å². The van der Waals surface area contributed by atoms with Crippen molar-refractivity contribution in [1.82, 2.24) is 0 Å². The van der Waals surface area contributed by atoms with Crippen molar-refractivity contribution in [3.63, 3.8) is 0 Å². The van der Waals surface area contributed by atoms with Gasteiger partial charge in [0.25, 0.3) is 0 Å². The Kier molecular flexibility index (Phi) is 9.03. The van der Waals surface area contributed by atoms with Gasteiger partial charge in [0.05, 0.1) is 10.7 Å². The molecule has 3 aromatic carbocycles. The Morgan fingerprint density at radius 2 is 1.42 bits per heavy atom. The van der Waals surface area contributed by atoms with Gasteiger partial charge in [-0.3, -0.25) is 0 Å². The monoisotopic (exact) mass is 554 g/mol. The maximum absolute atomic E-state index is 5.78. The first-order valence-corrected chi connectivity index (χ1v) is 13.6. The van der Waals surface area contributed by atoms with E-state index in [1.54, 1.807) is 7.11 Å². The number of halogens is 1. The van der Waals surface area contributed by atoms with Gasteiger partial charge in [0, 0.05) is 5.56 Å². The second-order valence-electron chi connectivity index (χ2n) is 9.29. The molecule has 0 aliphatic heterocycles. The predicted molar refractivity (Wildman–Crippen MR) is 153 cm³/mol. The summed E-state index contributed by atoms with van der Waals surface area (Å²) >= 11 is 2.50. The zero-order chi connectivity index (χ0) is 24.1. The summed E-state index contributed by atoms with van der Waals surface area (Å²) in [4.78, 5) is 0. The highest BCUT2D eigenvalue weighted by Crippen LogP contribution is 2.47. The first-order valence-electron chi connectivity index (χ1n) is 12.5. The van der Waals surface area contributed by atoms with Gasteiger partial charge in [-0.15, -0.1) is 0 Å². The van der Waals surface area contributed by atoms with Gasteiger partial charge in [-0.1, -0.05) is 83.5 Å². The fourth-order valence-electron chi connectivity index (χ4n) is 4.86. The summed E-state index contributed by atoms with van der Waals surface area (Å²) in [7, 11) is 1.78. The lowest BCUT2D eigenvalue weighted by Gasteiger charge is -2.29. The van der Waals surface area contributed by atoms with Crippen LogP contribution in [0.25, 0.3) is 22.3 Å². The van der Waals surface area contributed by atoms with Gasteiger partial charge in [0.1, 0.15) is 5.75 Å². The SMILES string of the molecule is CCCc1c(-c2ccccc2)c(C(C)CC)cc(C(C)CC)c1-c1c(C)ccc(OC)c1I. The molecule has 0 aliphatic rings. The van der Waals surface area contributed by atoms with Crippen LogP contribution in [0, 0.1) is 10.5 Å². The average Bonchev–Trinajstić information content (AvgIpc) is 2.84. The van der Waals surface area contributed by atoms with Crippen molar-refractivity contribution in [3.05, 3.63) is 74.4 Å². The number of hydrogen-bond donors (Lipinski definition) is 0. The van der Waals surface area contributed by atoms with E-state index in [1.807, 2.05) is 0 Å². The van der Waals surface area contributed by atoms with E-state index in [4.69, 9.17) is 4.74 Å². The Hall–Kier alpha value is -1.81. The molecule has 0 spiro atoms. The van der Waals surface area contributed by atoms with E-state index in [-0.39, 0.29) is 0 Å². The van der Waals surface area contributed by atoms with E-state index in [0.29, 0.717) is 11.8 Å². The van der Waals surface area contributed by atoms with Gasteiger partial charge in [-0.25, -0.2) is 0 Å². The minimum atomic E-state index is 0.490. The van der Waals surface area contributed by atoms with Crippen LogP contribution < -0.4 is 4.74 Å². The van der Waals surface area contributed by atoms with E-state index in [1.165, 1.54) is 48.1 Å². The molecular formula is C31H39IO. The largest absolute Gasteiger partial charge is 0.496 e. The van der Waals surface area contributed by atoms with E-state index < -0.39 is 0 Å². The standard InChI is InChI=1S/C31H39IO/c1-8-14-24-29(23-15-12-11-13-16-23)25(20(4)9-2)19-26(21(5)10-3)30(24)28-22(6)17-18-27(33-7)31(28)32/h11-13,15-21H,8-10,14H2,1-7H3. The molecule has 0 fully saturated rings. The lowest BCUT2D eigenvalue weighted by atomic mass is 9.76. The van der Waals surface area contributed by atoms with Crippen LogP contribution in [0.3, 0.4) is 0 Å². The number of benzene rings is 3. The highest BCUT2D eigenvalue weighted by molar-refractivity contribution is 14.1. The summed E-state index contributed by atoms with van der Waals surface area (Å²) in [5, 5.41) is 0. The zero-order valence-corrected chi connectivity index (χ0v) is 23.5. The highest BCUT2D eigenvalue weighted by atomic mass is 127. The molecule has 2 atom stereocenters. The fraction of sp³-hybridized carbons (Fsp3) is 0.419. The lowest BCUT2D eigenvalue weighted by Crippen LogP contribution is -2.09. The summed E-state index contributed by atoms with van der Waals surface area (Å²) in [5.74, 6) is 1.96. The van der Waals surface area contributed by atoms with Crippen LogP contribution in [-0.2, 0) is 6.42 Å². The maximum Gasteiger partial charge on any atom is 0.132 e.